The van der Waals surface area contributed by atoms with Gasteiger partial charge in [-0.3, -0.25) is 0 Å². The highest BCUT2D eigenvalue weighted by Crippen LogP contribution is 2.31. The summed E-state index contributed by atoms with van der Waals surface area (Å²) in [5.74, 6) is -1.46. The van der Waals surface area contributed by atoms with Crippen LogP contribution in [0.1, 0.15) is 24.0 Å². The third-order valence-corrected chi connectivity index (χ3v) is 6.33. The van der Waals surface area contributed by atoms with Crippen molar-refractivity contribution < 1.29 is 17.2 Å². The molecule has 0 aromatic heterocycles. The van der Waals surface area contributed by atoms with Crippen molar-refractivity contribution in [2.24, 2.45) is 0 Å². The molecule has 0 heterocycles. The Morgan fingerprint density at radius 2 is 1.76 bits per heavy atom. The molecular formula is C18H18ClF2NO2S. The van der Waals surface area contributed by atoms with E-state index in [0.29, 0.717) is 11.4 Å². The monoisotopic (exact) mass is 385 g/mol. The normalized spacial score (nSPS) is 14.9. The molecule has 3 rings (SSSR count). The summed E-state index contributed by atoms with van der Waals surface area (Å²) in [5.41, 5.74) is 1.06. The Bertz CT molecular complexity index is 852. The third kappa shape index (κ3) is 4.77. The molecule has 0 amide bonds. The number of hydrogen-bond acceptors (Lipinski definition) is 2. The van der Waals surface area contributed by atoms with E-state index in [4.69, 9.17) is 11.6 Å². The molecule has 1 saturated carbocycles. The highest BCUT2D eigenvalue weighted by Gasteiger charge is 2.37. The maximum atomic E-state index is 13.9. The van der Waals surface area contributed by atoms with Gasteiger partial charge >= 0.3 is 0 Å². The molecule has 2 aromatic rings. The summed E-state index contributed by atoms with van der Waals surface area (Å²) in [6.45, 7) is -0.0697. The lowest BCUT2D eigenvalue weighted by molar-refractivity contribution is 0.391. The zero-order valence-corrected chi connectivity index (χ0v) is 15.0. The molecule has 0 atom stereocenters. The summed E-state index contributed by atoms with van der Waals surface area (Å²) in [4.78, 5) is 0. The van der Waals surface area contributed by atoms with Crippen LogP contribution in [0.2, 0.25) is 5.02 Å². The van der Waals surface area contributed by atoms with Crippen molar-refractivity contribution in [3.05, 3.63) is 70.2 Å². The van der Waals surface area contributed by atoms with E-state index in [1.54, 1.807) is 24.3 Å². The quantitative estimate of drug-likeness (QED) is 0.717. The van der Waals surface area contributed by atoms with Gasteiger partial charge in [0.2, 0.25) is 10.0 Å². The maximum absolute atomic E-state index is 13.9. The molecular weight excluding hydrogens is 368 g/mol. The fourth-order valence-corrected chi connectivity index (χ4v) is 4.51. The van der Waals surface area contributed by atoms with Gasteiger partial charge in [-0.25, -0.2) is 17.2 Å². The number of rotatable bonds is 7. The molecule has 1 aliphatic rings. The van der Waals surface area contributed by atoms with Crippen molar-refractivity contribution >= 4 is 21.6 Å². The SMILES string of the molecule is O=S(=O)(CCc1ccc(Cl)cc1)N(Cc1ccc(F)cc1F)C1CC1. The van der Waals surface area contributed by atoms with Crippen LogP contribution in [0.4, 0.5) is 8.78 Å². The first-order valence-corrected chi connectivity index (χ1v) is 10.0. The van der Waals surface area contributed by atoms with Crippen LogP contribution in [0.15, 0.2) is 42.5 Å². The highest BCUT2D eigenvalue weighted by atomic mass is 35.5. The van der Waals surface area contributed by atoms with Crippen LogP contribution >= 0.6 is 11.6 Å². The van der Waals surface area contributed by atoms with Gasteiger partial charge in [-0.05, 0) is 43.0 Å². The van der Waals surface area contributed by atoms with E-state index in [2.05, 4.69) is 0 Å². The summed E-state index contributed by atoms with van der Waals surface area (Å²) < 4.78 is 53.8. The van der Waals surface area contributed by atoms with Crippen LogP contribution in [0.5, 0.6) is 0 Å². The number of sulfonamides is 1. The van der Waals surface area contributed by atoms with Gasteiger partial charge in [0.1, 0.15) is 11.6 Å². The lowest BCUT2D eigenvalue weighted by Gasteiger charge is -2.22. The number of nitrogens with zero attached hydrogens (tertiary/aromatic N) is 1. The summed E-state index contributed by atoms with van der Waals surface area (Å²) >= 11 is 5.83. The fourth-order valence-electron chi connectivity index (χ4n) is 2.65. The maximum Gasteiger partial charge on any atom is 0.214 e. The first-order chi connectivity index (χ1) is 11.8. The van der Waals surface area contributed by atoms with Crippen molar-refractivity contribution in [3.8, 4) is 0 Å². The molecule has 0 saturated heterocycles. The van der Waals surface area contributed by atoms with Gasteiger partial charge < -0.3 is 0 Å². The second kappa shape index (κ2) is 7.40. The Morgan fingerprint density at radius 3 is 2.36 bits per heavy atom. The lowest BCUT2D eigenvalue weighted by atomic mass is 10.2. The largest absolute Gasteiger partial charge is 0.214 e. The molecule has 1 aliphatic carbocycles. The van der Waals surface area contributed by atoms with Crippen molar-refractivity contribution in [3.63, 3.8) is 0 Å². The average Bonchev–Trinajstić information content (AvgIpc) is 3.38. The summed E-state index contributed by atoms with van der Waals surface area (Å²) in [7, 11) is -3.55. The molecule has 134 valence electrons. The number of benzene rings is 2. The van der Waals surface area contributed by atoms with E-state index in [1.807, 2.05) is 0 Å². The van der Waals surface area contributed by atoms with Crippen LogP contribution in [-0.4, -0.2) is 24.5 Å². The molecule has 7 heteroatoms. The molecule has 25 heavy (non-hydrogen) atoms. The van der Waals surface area contributed by atoms with Crippen LogP contribution in [0, 0.1) is 11.6 Å². The minimum absolute atomic E-state index is 0.0616. The minimum atomic E-state index is -3.55. The van der Waals surface area contributed by atoms with Gasteiger partial charge in [0.15, 0.2) is 0 Å². The fraction of sp³-hybridized carbons (Fsp3) is 0.333. The summed E-state index contributed by atoms with van der Waals surface area (Å²) in [6.07, 6.45) is 1.89. The molecule has 0 unspecified atom stereocenters. The van der Waals surface area contributed by atoms with Gasteiger partial charge in [0.25, 0.3) is 0 Å². The van der Waals surface area contributed by atoms with Crippen LogP contribution in [-0.2, 0) is 23.0 Å². The van der Waals surface area contributed by atoms with Gasteiger partial charge in [-0.15, -0.1) is 0 Å². The van der Waals surface area contributed by atoms with Crippen LogP contribution in [0.25, 0.3) is 0 Å². The second-order valence-corrected chi connectivity index (χ2v) is 8.68. The number of halogens is 3. The van der Waals surface area contributed by atoms with Gasteiger partial charge in [-0.2, -0.15) is 4.31 Å². The molecule has 0 N–H and O–H groups in total. The zero-order chi connectivity index (χ0) is 18.0. The third-order valence-electron chi connectivity index (χ3n) is 4.21. The van der Waals surface area contributed by atoms with E-state index in [-0.39, 0.29) is 23.9 Å². The van der Waals surface area contributed by atoms with Crippen LogP contribution in [0.3, 0.4) is 0 Å². The molecule has 3 nitrogen and oxygen atoms in total. The molecule has 2 aromatic carbocycles. The predicted octanol–water partition coefficient (Wildman–Crippen LogP) is 4.16. The van der Waals surface area contributed by atoms with E-state index in [1.165, 1.54) is 10.4 Å². The smallest absolute Gasteiger partial charge is 0.212 e. The topological polar surface area (TPSA) is 37.4 Å². The van der Waals surface area contributed by atoms with Crippen molar-refractivity contribution in [2.45, 2.75) is 31.8 Å². The minimum Gasteiger partial charge on any atom is -0.212 e. The van der Waals surface area contributed by atoms with Gasteiger partial charge in [0, 0.05) is 29.2 Å². The van der Waals surface area contributed by atoms with Crippen molar-refractivity contribution in [1.82, 2.24) is 4.31 Å². The molecule has 1 fully saturated rings. The molecule has 0 aliphatic heterocycles. The Hall–Kier alpha value is -1.50. The molecule has 0 bridgehead atoms. The number of aryl methyl sites for hydroxylation is 1. The average molecular weight is 386 g/mol. The predicted molar refractivity (Wildman–Crippen MR) is 93.9 cm³/mol. The Balaban J connectivity index is 1.73. The first-order valence-electron chi connectivity index (χ1n) is 8.03. The van der Waals surface area contributed by atoms with Crippen LogP contribution < -0.4 is 0 Å². The van der Waals surface area contributed by atoms with E-state index in [9.17, 15) is 17.2 Å². The first kappa shape index (κ1) is 18.3. The van der Waals surface area contributed by atoms with Crippen molar-refractivity contribution in [1.29, 1.82) is 0 Å². The highest BCUT2D eigenvalue weighted by molar-refractivity contribution is 7.89. The van der Waals surface area contributed by atoms with Gasteiger partial charge in [0.05, 0.1) is 5.75 Å². The zero-order valence-electron chi connectivity index (χ0n) is 13.5. The Labute approximate surface area is 151 Å². The second-order valence-electron chi connectivity index (χ2n) is 6.20. The standard InChI is InChI=1S/C18H18ClF2NO2S/c19-15-4-1-13(2-5-15)9-10-25(23,24)22(17-7-8-17)12-14-3-6-16(20)11-18(14)21/h1-6,11,17H,7-10,12H2. The Morgan fingerprint density at radius 1 is 1.08 bits per heavy atom. The van der Waals surface area contributed by atoms with Gasteiger partial charge in [-0.1, -0.05) is 29.8 Å². The summed E-state index contributed by atoms with van der Waals surface area (Å²) in [5, 5.41) is 0.595. The molecule has 0 spiro atoms. The Kier molecular flexibility index (Phi) is 5.41. The number of hydrogen-bond donors (Lipinski definition) is 0. The van der Waals surface area contributed by atoms with E-state index in [0.717, 1.165) is 30.5 Å². The molecule has 0 radical (unpaired) electrons. The lowest BCUT2D eigenvalue weighted by Crippen LogP contribution is -2.35. The van der Waals surface area contributed by atoms with E-state index >= 15 is 0 Å². The van der Waals surface area contributed by atoms with E-state index < -0.39 is 21.7 Å². The summed E-state index contributed by atoms with van der Waals surface area (Å²) in [6, 6.07) is 10.1. The van der Waals surface area contributed by atoms with Crippen molar-refractivity contribution in [2.75, 3.05) is 5.75 Å².